The molecule has 0 aliphatic carbocycles. The van der Waals surface area contributed by atoms with Crippen molar-refractivity contribution in [2.45, 2.75) is 26.0 Å². The number of carbonyl (C=O) groups excluding carboxylic acids is 2. The minimum atomic E-state index is -0.811. The molecule has 0 bridgehead atoms. The third-order valence-corrected chi connectivity index (χ3v) is 5.48. The molecular weight excluding hydrogens is 392 g/mol. The summed E-state index contributed by atoms with van der Waals surface area (Å²) in [5.41, 5.74) is 0.916. The highest BCUT2D eigenvalue weighted by molar-refractivity contribution is 7.16. The van der Waals surface area contributed by atoms with Gasteiger partial charge < -0.3 is 18.8 Å². The first kappa shape index (κ1) is 19.2. The first-order chi connectivity index (χ1) is 14.2. The normalized spacial score (nSPS) is 16.0. The number of amides is 1. The van der Waals surface area contributed by atoms with Crippen molar-refractivity contribution in [1.82, 2.24) is 4.57 Å². The maximum atomic E-state index is 12.8. The van der Waals surface area contributed by atoms with E-state index < -0.39 is 12.0 Å². The van der Waals surface area contributed by atoms with Gasteiger partial charge in [-0.1, -0.05) is 35.6 Å². The van der Waals surface area contributed by atoms with Gasteiger partial charge in [-0.15, -0.1) is 0 Å². The molecule has 0 spiro atoms. The standard InChI is InChI=1S/C21H20N2O5S/c1-2-26-19(24)11-12-23-14-7-3-6-10-18(14)29-21(23)22-20(25)17-13-27-15-8-4-5-9-16(15)28-17/h3-10,17H,2,11-13H2,1H3/t17-/m0/s1. The monoisotopic (exact) mass is 412 g/mol. The van der Waals surface area contributed by atoms with Crippen molar-refractivity contribution in [2.75, 3.05) is 13.2 Å². The van der Waals surface area contributed by atoms with Crippen LogP contribution in [0.1, 0.15) is 13.3 Å². The van der Waals surface area contributed by atoms with Crippen molar-refractivity contribution >= 4 is 33.4 Å². The molecule has 0 saturated heterocycles. The van der Waals surface area contributed by atoms with E-state index in [0.29, 0.717) is 29.5 Å². The average molecular weight is 412 g/mol. The summed E-state index contributed by atoms with van der Waals surface area (Å²) in [6.45, 7) is 2.59. The highest BCUT2D eigenvalue weighted by Gasteiger charge is 2.27. The summed E-state index contributed by atoms with van der Waals surface area (Å²) in [5.74, 6) is 0.436. The van der Waals surface area contributed by atoms with Gasteiger partial charge in [0.05, 0.1) is 23.2 Å². The van der Waals surface area contributed by atoms with Gasteiger partial charge in [0.25, 0.3) is 5.91 Å². The van der Waals surface area contributed by atoms with Crippen LogP contribution in [0.2, 0.25) is 0 Å². The average Bonchev–Trinajstić information content (AvgIpc) is 3.09. The second kappa shape index (κ2) is 8.48. The van der Waals surface area contributed by atoms with Crippen molar-refractivity contribution < 1.29 is 23.8 Å². The number of aromatic nitrogens is 1. The third kappa shape index (κ3) is 4.17. The number of esters is 1. The molecule has 1 aliphatic rings. The maximum Gasteiger partial charge on any atom is 0.307 e. The fraction of sp³-hybridized carbons (Fsp3) is 0.286. The highest BCUT2D eigenvalue weighted by Crippen LogP contribution is 2.31. The van der Waals surface area contributed by atoms with Crippen LogP contribution in [-0.2, 0) is 20.9 Å². The van der Waals surface area contributed by atoms with Gasteiger partial charge in [-0.3, -0.25) is 9.59 Å². The first-order valence-electron chi connectivity index (χ1n) is 9.36. The number of nitrogens with zero attached hydrogens (tertiary/aromatic N) is 2. The summed E-state index contributed by atoms with van der Waals surface area (Å²) in [5, 5.41) is 0. The van der Waals surface area contributed by atoms with Crippen LogP contribution in [0.5, 0.6) is 11.5 Å². The van der Waals surface area contributed by atoms with Gasteiger partial charge in [0.1, 0.15) is 6.61 Å². The lowest BCUT2D eigenvalue weighted by atomic mass is 10.2. The zero-order chi connectivity index (χ0) is 20.2. The Kier molecular flexibility index (Phi) is 5.62. The molecule has 2 aromatic carbocycles. The van der Waals surface area contributed by atoms with Crippen LogP contribution >= 0.6 is 11.3 Å². The molecule has 1 aliphatic heterocycles. The van der Waals surface area contributed by atoms with Gasteiger partial charge in [0.2, 0.25) is 6.10 Å². The number of carbonyl (C=O) groups is 2. The maximum absolute atomic E-state index is 12.8. The summed E-state index contributed by atoms with van der Waals surface area (Å²) in [7, 11) is 0. The number of ether oxygens (including phenoxy) is 3. The van der Waals surface area contributed by atoms with Gasteiger partial charge in [0, 0.05) is 6.54 Å². The summed E-state index contributed by atoms with van der Waals surface area (Å²) >= 11 is 1.39. The van der Waals surface area contributed by atoms with E-state index in [0.717, 1.165) is 10.2 Å². The molecule has 1 aromatic heterocycles. The van der Waals surface area contributed by atoms with E-state index in [2.05, 4.69) is 4.99 Å². The van der Waals surface area contributed by atoms with Gasteiger partial charge in [0.15, 0.2) is 16.3 Å². The van der Waals surface area contributed by atoms with E-state index in [1.54, 1.807) is 19.1 Å². The van der Waals surface area contributed by atoms with Crippen LogP contribution in [0.4, 0.5) is 0 Å². The molecule has 0 saturated carbocycles. The summed E-state index contributed by atoms with van der Waals surface area (Å²) in [6.07, 6.45) is -0.611. The SMILES string of the molecule is CCOC(=O)CCn1c(=NC(=O)[C@@H]2COc3ccccc3O2)sc2ccccc21. The van der Waals surface area contributed by atoms with Crippen molar-refractivity contribution in [3.63, 3.8) is 0 Å². The van der Waals surface area contributed by atoms with Gasteiger partial charge in [-0.2, -0.15) is 4.99 Å². The summed E-state index contributed by atoms with van der Waals surface area (Å²) in [4.78, 5) is 29.4. The quantitative estimate of drug-likeness (QED) is 0.602. The second-order valence-corrected chi connectivity index (χ2v) is 7.38. The minimum absolute atomic E-state index is 0.104. The number of para-hydroxylation sites is 3. The third-order valence-electron chi connectivity index (χ3n) is 4.42. The molecule has 1 atom stereocenters. The van der Waals surface area contributed by atoms with E-state index in [9.17, 15) is 9.59 Å². The number of hydrogen-bond donors (Lipinski definition) is 0. The fourth-order valence-electron chi connectivity index (χ4n) is 3.07. The lowest BCUT2D eigenvalue weighted by Crippen LogP contribution is -2.36. The molecule has 150 valence electrons. The minimum Gasteiger partial charge on any atom is -0.485 e. The van der Waals surface area contributed by atoms with Crippen LogP contribution in [0, 0.1) is 0 Å². The van der Waals surface area contributed by atoms with Crippen LogP contribution in [0.3, 0.4) is 0 Å². The largest absolute Gasteiger partial charge is 0.485 e. The Morgan fingerprint density at radius 2 is 1.93 bits per heavy atom. The Bertz CT molecular complexity index is 1120. The van der Waals surface area contributed by atoms with Gasteiger partial charge in [-0.25, -0.2) is 0 Å². The molecule has 2 heterocycles. The molecule has 7 nitrogen and oxygen atoms in total. The number of benzene rings is 2. The Hall–Kier alpha value is -3.13. The molecule has 29 heavy (non-hydrogen) atoms. The van der Waals surface area contributed by atoms with Crippen LogP contribution < -0.4 is 14.3 Å². The van der Waals surface area contributed by atoms with Crippen molar-refractivity contribution in [2.24, 2.45) is 4.99 Å². The molecule has 4 rings (SSSR count). The lowest BCUT2D eigenvalue weighted by molar-refractivity contribution is -0.143. The molecule has 0 N–H and O–H groups in total. The Morgan fingerprint density at radius 1 is 1.17 bits per heavy atom. The van der Waals surface area contributed by atoms with E-state index in [-0.39, 0.29) is 19.0 Å². The smallest absolute Gasteiger partial charge is 0.307 e. The molecule has 3 aromatic rings. The van der Waals surface area contributed by atoms with Crippen molar-refractivity contribution in [3.8, 4) is 11.5 Å². The Balaban J connectivity index is 1.62. The van der Waals surface area contributed by atoms with Gasteiger partial charge >= 0.3 is 5.97 Å². The van der Waals surface area contributed by atoms with Crippen LogP contribution in [-0.4, -0.2) is 35.8 Å². The number of fused-ring (bicyclic) bond motifs is 2. The molecule has 1 amide bonds. The van der Waals surface area contributed by atoms with Crippen molar-refractivity contribution in [1.29, 1.82) is 0 Å². The summed E-state index contributed by atoms with van der Waals surface area (Å²) < 4.78 is 19.2. The Morgan fingerprint density at radius 3 is 2.76 bits per heavy atom. The fourth-order valence-corrected chi connectivity index (χ4v) is 4.13. The number of aryl methyl sites for hydroxylation is 1. The first-order valence-corrected chi connectivity index (χ1v) is 10.2. The predicted molar refractivity (Wildman–Crippen MR) is 108 cm³/mol. The molecule has 0 radical (unpaired) electrons. The number of thiazole rings is 1. The van der Waals surface area contributed by atoms with E-state index in [1.807, 2.05) is 41.0 Å². The van der Waals surface area contributed by atoms with Crippen molar-refractivity contribution in [3.05, 3.63) is 53.3 Å². The highest BCUT2D eigenvalue weighted by atomic mass is 32.1. The predicted octanol–water partition coefficient (Wildman–Crippen LogP) is 2.92. The van der Waals surface area contributed by atoms with E-state index in [1.165, 1.54) is 11.3 Å². The molecular formula is C21H20N2O5S. The second-order valence-electron chi connectivity index (χ2n) is 6.37. The van der Waals surface area contributed by atoms with E-state index in [4.69, 9.17) is 14.2 Å². The summed E-state index contributed by atoms with van der Waals surface area (Å²) in [6, 6.07) is 15.0. The van der Waals surface area contributed by atoms with Crippen LogP contribution in [0.15, 0.2) is 53.5 Å². The Labute approximate surface area is 171 Å². The molecule has 0 unspecified atom stereocenters. The number of rotatable bonds is 5. The zero-order valence-corrected chi connectivity index (χ0v) is 16.7. The topological polar surface area (TPSA) is 79.1 Å². The van der Waals surface area contributed by atoms with E-state index >= 15 is 0 Å². The zero-order valence-electron chi connectivity index (χ0n) is 15.9. The lowest BCUT2D eigenvalue weighted by Gasteiger charge is -2.23. The molecule has 0 fully saturated rings. The van der Waals surface area contributed by atoms with Crippen LogP contribution in [0.25, 0.3) is 10.2 Å². The van der Waals surface area contributed by atoms with Gasteiger partial charge in [-0.05, 0) is 31.2 Å². The number of hydrogen-bond acceptors (Lipinski definition) is 6. The molecule has 8 heteroatoms.